The molecule has 0 aliphatic rings. The van der Waals surface area contributed by atoms with E-state index in [2.05, 4.69) is 20.8 Å². The van der Waals surface area contributed by atoms with Gasteiger partial charge in [-0.25, -0.2) is 4.68 Å². The van der Waals surface area contributed by atoms with Gasteiger partial charge >= 0.3 is 0 Å². The Labute approximate surface area is 163 Å². The molecule has 1 N–H and O–H groups in total. The van der Waals surface area contributed by atoms with E-state index < -0.39 is 0 Å². The summed E-state index contributed by atoms with van der Waals surface area (Å²) < 4.78 is 12.6. The molecule has 146 valence electrons. The Hall–Kier alpha value is -3.42. The summed E-state index contributed by atoms with van der Waals surface area (Å²) in [5.41, 5.74) is 1.51. The first-order valence-electron chi connectivity index (χ1n) is 8.97. The molecule has 28 heavy (non-hydrogen) atoms. The quantitative estimate of drug-likeness (QED) is 0.645. The molecule has 2 aromatic carbocycles. The SMILES string of the molecule is COc1ccc(CNC(=O)c2cccc(OCc3nnnn3C(C)C)c2)cc1. The molecule has 0 saturated heterocycles. The lowest BCUT2D eigenvalue weighted by Crippen LogP contribution is -2.22. The van der Waals surface area contributed by atoms with Gasteiger partial charge in [-0.15, -0.1) is 5.10 Å². The average molecular weight is 381 g/mol. The number of nitrogens with one attached hydrogen (secondary N) is 1. The Kier molecular flexibility index (Phi) is 6.21. The van der Waals surface area contributed by atoms with Gasteiger partial charge in [-0.3, -0.25) is 4.79 Å². The first kappa shape index (κ1) is 19.3. The van der Waals surface area contributed by atoms with Gasteiger partial charge < -0.3 is 14.8 Å². The fourth-order valence-electron chi connectivity index (χ4n) is 2.61. The Balaban J connectivity index is 1.58. The molecule has 0 atom stereocenters. The zero-order chi connectivity index (χ0) is 19.9. The standard InChI is InChI=1S/C20H23N5O3/c1-14(2)25-19(22-23-24-25)13-28-18-6-4-5-16(11-18)20(26)21-12-15-7-9-17(27-3)10-8-15/h4-11,14H,12-13H2,1-3H3,(H,21,26). The van der Waals surface area contributed by atoms with Gasteiger partial charge in [-0.05, 0) is 60.2 Å². The van der Waals surface area contributed by atoms with E-state index in [1.54, 1.807) is 36.1 Å². The zero-order valence-corrected chi connectivity index (χ0v) is 16.1. The van der Waals surface area contributed by atoms with Crippen molar-refractivity contribution in [2.45, 2.75) is 33.0 Å². The number of tetrazole rings is 1. The molecule has 0 bridgehead atoms. The van der Waals surface area contributed by atoms with Gasteiger partial charge in [0, 0.05) is 12.1 Å². The van der Waals surface area contributed by atoms with Crippen molar-refractivity contribution in [2.24, 2.45) is 0 Å². The van der Waals surface area contributed by atoms with E-state index in [4.69, 9.17) is 9.47 Å². The molecule has 0 aliphatic heterocycles. The normalized spacial score (nSPS) is 10.7. The number of ether oxygens (including phenoxy) is 2. The predicted octanol–water partition coefficient (Wildman–Crippen LogP) is 2.77. The molecule has 1 aromatic heterocycles. The monoisotopic (exact) mass is 381 g/mol. The summed E-state index contributed by atoms with van der Waals surface area (Å²) in [7, 11) is 1.62. The van der Waals surface area contributed by atoms with E-state index in [-0.39, 0.29) is 18.6 Å². The lowest BCUT2D eigenvalue weighted by molar-refractivity contribution is 0.0950. The molecular formula is C20H23N5O3. The Morgan fingerprint density at radius 2 is 1.93 bits per heavy atom. The number of hydrogen-bond donors (Lipinski definition) is 1. The van der Waals surface area contributed by atoms with E-state index in [1.807, 2.05) is 38.1 Å². The van der Waals surface area contributed by atoms with Gasteiger partial charge in [0.05, 0.1) is 13.2 Å². The molecule has 0 unspecified atom stereocenters. The minimum absolute atomic E-state index is 0.142. The molecule has 8 nitrogen and oxygen atoms in total. The van der Waals surface area contributed by atoms with Crippen LogP contribution in [0.4, 0.5) is 0 Å². The number of carbonyl (C=O) groups excluding carboxylic acids is 1. The molecule has 3 aromatic rings. The van der Waals surface area contributed by atoms with E-state index >= 15 is 0 Å². The maximum atomic E-state index is 12.4. The van der Waals surface area contributed by atoms with E-state index in [0.717, 1.165) is 11.3 Å². The first-order valence-corrected chi connectivity index (χ1v) is 8.97. The van der Waals surface area contributed by atoms with Gasteiger partial charge in [0.1, 0.15) is 18.1 Å². The molecule has 1 amide bonds. The molecular weight excluding hydrogens is 358 g/mol. The summed E-state index contributed by atoms with van der Waals surface area (Å²) in [6.07, 6.45) is 0. The highest BCUT2D eigenvalue weighted by Gasteiger charge is 2.11. The molecule has 3 rings (SSSR count). The smallest absolute Gasteiger partial charge is 0.251 e. The molecule has 0 radical (unpaired) electrons. The van der Waals surface area contributed by atoms with Crippen LogP contribution >= 0.6 is 0 Å². The van der Waals surface area contributed by atoms with Crippen LogP contribution in [0.1, 0.15) is 41.6 Å². The van der Waals surface area contributed by atoms with Crippen molar-refractivity contribution in [2.75, 3.05) is 7.11 Å². The fourth-order valence-corrected chi connectivity index (χ4v) is 2.61. The van der Waals surface area contributed by atoms with Crippen LogP contribution in [0.2, 0.25) is 0 Å². The predicted molar refractivity (Wildman–Crippen MR) is 103 cm³/mol. The third kappa shape index (κ3) is 4.85. The number of methoxy groups -OCH3 is 1. The number of amides is 1. The summed E-state index contributed by atoms with van der Waals surface area (Å²) >= 11 is 0. The van der Waals surface area contributed by atoms with Crippen LogP contribution in [0.5, 0.6) is 11.5 Å². The van der Waals surface area contributed by atoms with Crippen molar-refractivity contribution in [1.82, 2.24) is 25.5 Å². The fraction of sp³-hybridized carbons (Fsp3) is 0.300. The lowest BCUT2D eigenvalue weighted by atomic mass is 10.2. The van der Waals surface area contributed by atoms with Crippen LogP contribution in [-0.4, -0.2) is 33.2 Å². The van der Waals surface area contributed by atoms with Crippen LogP contribution in [0, 0.1) is 0 Å². The molecule has 8 heteroatoms. The summed E-state index contributed by atoms with van der Waals surface area (Å²) in [6.45, 7) is 4.64. The van der Waals surface area contributed by atoms with Crippen molar-refractivity contribution in [3.63, 3.8) is 0 Å². The second-order valence-electron chi connectivity index (χ2n) is 6.48. The summed E-state index contributed by atoms with van der Waals surface area (Å²) in [6, 6.07) is 14.7. The van der Waals surface area contributed by atoms with Crippen LogP contribution in [0.3, 0.4) is 0 Å². The van der Waals surface area contributed by atoms with Crippen molar-refractivity contribution in [3.05, 3.63) is 65.5 Å². The molecule has 0 saturated carbocycles. The number of benzene rings is 2. The molecule has 0 spiro atoms. The summed E-state index contributed by atoms with van der Waals surface area (Å²) in [5.74, 6) is 1.82. The van der Waals surface area contributed by atoms with Gasteiger partial charge in [0.15, 0.2) is 5.82 Å². The number of rotatable bonds is 8. The average Bonchev–Trinajstić information content (AvgIpc) is 3.20. The summed E-state index contributed by atoms with van der Waals surface area (Å²) in [4.78, 5) is 12.4. The summed E-state index contributed by atoms with van der Waals surface area (Å²) in [5, 5.41) is 14.5. The number of aromatic nitrogens is 4. The van der Waals surface area contributed by atoms with Gasteiger partial charge in [-0.2, -0.15) is 0 Å². The lowest BCUT2D eigenvalue weighted by Gasteiger charge is -2.10. The van der Waals surface area contributed by atoms with Gasteiger partial charge in [0.2, 0.25) is 0 Å². The second-order valence-corrected chi connectivity index (χ2v) is 6.48. The van der Waals surface area contributed by atoms with Crippen LogP contribution in [0.25, 0.3) is 0 Å². The maximum Gasteiger partial charge on any atom is 0.251 e. The second kappa shape index (κ2) is 8.98. The van der Waals surface area contributed by atoms with Crippen molar-refractivity contribution >= 4 is 5.91 Å². The highest BCUT2D eigenvalue weighted by Crippen LogP contribution is 2.16. The first-order chi connectivity index (χ1) is 13.6. The third-order valence-electron chi connectivity index (χ3n) is 4.13. The Morgan fingerprint density at radius 1 is 1.14 bits per heavy atom. The Morgan fingerprint density at radius 3 is 2.64 bits per heavy atom. The van der Waals surface area contributed by atoms with Crippen LogP contribution in [-0.2, 0) is 13.2 Å². The molecule has 0 aliphatic carbocycles. The topological polar surface area (TPSA) is 91.2 Å². The number of nitrogens with zero attached hydrogens (tertiary/aromatic N) is 4. The van der Waals surface area contributed by atoms with Crippen molar-refractivity contribution in [1.29, 1.82) is 0 Å². The van der Waals surface area contributed by atoms with Crippen molar-refractivity contribution < 1.29 is 14.3 Å². The minimum atomic E-state index is -0.173. The Bertz CT molecular complexity index is 922. The largest absolute Gasteiger partial charge is 0.497 e. The highest BCUT2D eigenvalue weighted by atomic mass is 16.5. The van der Waals surface area contributed by atoms with Gasteiger partial charge in [0.25, 0.3) is 5.91 Å². The van der Waals surface area contributed by atoms with E-state index in [9.17, 15) is 4.79 Å². The number of hydrogen-bond acceptors (Lipinski definition) is 6. The highest BCUT2D eigenvalue weighted by molar-refractivity contribution is 5.94. The molecule has 1 heterocycles. The van der Waals surface area contributed by atoms with E-state index in [0.29, 0.717) is 23.7 Å². The minimum Gasteiger partial charge on any atom is -0.497 e. The van der Waals surface area contributed by atoms with E-state index in [1.165, 1.54) is 0 Å². The molecule has 0 fully saturated rings. The van der Waals surface area contributed by atoms with Crippen LogP contribution < -0.4 is 14.8 Å². The van der Waals surface area contributed by atoms with Gasteiger partial charge in [-0.1, -0.05) is 18.2 Å². The van der Waals surface area contributed by atoms with Crippen molar-refractivity contribution in [3.8, 4) is 11.5 Å². The third-order valence-corrected chi connectivity index (χ3v) is 4.13. The van der Waals surface area contributed by atoms with Crippen LogP contribution in [0.15, 0.2) is 48.5 Å². The zero-order valence-electron chi connectivity index (χ0n) is 16.1. The maximum absolute atomic E-state index is 12.4. The number of carbonyl (C=O) groups is 1.